The maximum atomic E-state index is 10.4. The van der Waals surface area contributed by atoms with E-state index in [2.05, 4.69) is 18.2 Å². The SMILES string of the molecule is N[C@@H](C=O)Cc1cc2ccccc2s1. The molecule has 0 fully saturated rings. The van der Waals surface area contributed by atoms with Gasteiger partial charge < -0.3 is 10.5 Å². The number of nitrogens with two attached hydrogens (primary N) is 1. The maximum Gasteiger partial charge on any atom is 0.137 e. The highest BCUT2D eigenvalue weighted by atomic mass is 32.1. The van der Waals surface area contributed by atoms with Crippen molar-refractivity contribution in [1.82, 2.24) is 0 Å². The van der Waals surface area contributed by atoms with Crippen LogP contribution < -0.4 is 5.73 Å². The van der Waals surface area contributed by atoms with Gasteiger partial charge in [-0.2, -0.15) is 0 Å². The molecule has 72 valence electrons. The average Bonchev–Trinajstić information content (AvgIpc) is 2.59. The van der Waals surface area contributed by atoms with Gasteiger partial charge >= 0.3 is 0 Å². The van der Waals surface area contributed by atoms with Crippen LogP contribution in [0.5, 0.6) is 0 Å². The standard InChI is InChI=1S/C11H11NOS/c12-9(7-13)6-10-5-8-3-1-2-4-11(8)14-10/h1-5,7,9H,6,12H2/t9-/m1/s1. The number of carbonyl (C=O) groups is 1. The molecular weight excluding hydrogens is 194 g/mol. The molecule has 0 spiro atoms. The monoisotopic (exact) mass is 205 g/mol. The zero-order valence-electron chi connectivity index (χ0n) is 7.64. The number of rotatable bonds is 3. The number of carbonyl (C=O) groups excluding carboxylic acids is 1. The van der Waals surface area contributed by atoms with E-state index in [1.54, 1.807) is 11.3 Å². The van der Waals surface area contributed by atoms with Crippen molar-refractivity contribution in [1.29, 1.82) is 0 Å². The van der Waals surface area contributed by atoms with Crippen LogP contribution in [0.15, 0.2) is 30.3 Å². The molecule has 1 aromatic heterocycles. The Morgan fingerprint density at radius 2 is 2.21 bits per heavy atom. The fraction of sp³-hybridized carbons (Fsp3) is 0.182. The fourth-order valence-electron chi connectivity index (χ4n) is 1.42. The van der Waals surface area contributed by atoms with Crippen LogP contribution in [0.4, 0.5) is 0 Å². The molecule has 2 N–H and O–H groups in total. The molecule has 0 aliphatic rings. The molecule has 2 aromatic rings. The summed E-state index contributed by atoms with van der Waals surface area (Å²) in [6.07, 6.45) is 1.44. The van der Waals surface area contributed by atoms with Gasteiger partial charge in [-0.15, -0.1) is 11.3 Å². The van der Waals surface area contributed by atoms with E-state index in [1.807, 2.05) is 12.1 Å². The largest absolute Gasteiger partial charge is 0.321 e. The van der Waals surface area contributed by atoms with Crippen LogP contribution >= 0.6 is 11.3 Å². The summed E-state index contributed by atoms with van der Waals surface area (Å²) in [5.41, 5.74) is 5.57. The molecule has 0 bridgehead atoms. The van der Waals surface area contributed by atoms with Gasteiger partial charge in [-0.25, -0.2) is 0 Å². The molecule has 2 rings (SSSR count). The summed E-state index contributed by atoms with van der Waals surface area (Å²) in [6, 6.07) is 9.91. The lowest BCUT2D eigenvalue weighted by Crippen LogP contribution is -2.23. The Morgan fingerprint density at radius 3 is 2.93 bits per heavy atom. The predicted molar refractivity (Wildman–Crippen MR) is 59.6 cm³/mol. The van der Waals surface area contributed by atoms with Gasteiger partial charge in [-0.3, -0.25) is 0 Å². The zero-order chi connectivity index (χ0) is 9.97. The molecule has 3 heteroatoms. The normalized spacial score (nSPS) is 12.9. The highest BCUT2D eigenvalue weighted by Crippen LogP contribution is 2.25. The Labute approximate surface area is 86.3 Å². The van der Waals surface area contributed by atoms with Crippen molar-refractivity contribution in [2.24, 2.45) is 5.73 Å². The van der Waals surface area contributed by atoms with Crippen LogP contribution in [-0.4, -0.2) is 12.3 Å². The number of fused-ring (bicyclic) bond motifs is 1. The number of hydrogen-bond donors (Lipinski definition) is 1. The van der Waals surface area contributed by atoms with Crippen molar-refractivity contribution in [3.63, 3.8) is 0 Å². The minimum absolute atomic E-state index is 0.372. The minimum atomic E-state index is -0.372. The van der Waals surface area contributed by atoms with Crippen molar-refractivity contribution in [3.05, 3.63) is 35.2 Å². The van der Waals surface area contributed by atoms with Crippen LogP contribution in [0.2, 0.25) is 0 Å². The Hall–Kier alpha value is -1.19. The second-order valence-electron chi connectivity index (χ2n) is 3.25. The molecule has 0 radical (unpaired) electrons. The summed E-state index contributed by atoms with van der Waals surface area (Å²) in [5, 5.41) is 1.23. The summed E-state index contributed by atoms with van der Waals surface area (Å²) >= 11 is 1.70. The van der Waals surface area contributed by atoms with Crippen molar-refractivity contribution in [2.75, 3.05) is 0 Å². The van der Waals surface area contributed by atoms with Crippen molar-refractivity contribution in [2.45, 2.75) is 12.5 Å². The Kier molecular flexibility index (Phi) is 2.61. The van der Waals surface area contributed by atoms with E-state index in [4.69, 9.17) is 5.73 Å². The van der Waals surface area contributed by atoms with Crippen LogP contribution in [0.3, 0.4) is 0 Å². The van der Waals surface area contributed by atoms with Gasteiger partial charge in [-0.1, -0.05) is 18.2 Å². The predicted octanol–water partition coefficient (Wildman–Crippen LogP) is 1.97. The second kappa shape index (κ2) is 3.90. The summed E-state index contributed by atoms with van der Waals surface area (Å²) in [7, 11) is 0. The van der Waals surface area contributed by atoms with E-state index in [-0.39, 0.29) is 6.04 Å². The molecule has 0 saturated carbocycles. The molecule has 0 aliphatic carbocycles. The maximum absolute atomic E-state index is 10.4. The molecule has 0 amide bonds. The van der Waals surface area contributed by atoms with E-state index >= 15 is 0 Å². The van der Waals surface area contributed by atoms with Gasteiger partial charge in [0.2, 0.25) is 0 Å². The summed E-state index contributed by atoms with van der Waals surface area (Å²) < 4.78 is 1.25. The Bertz CT molecular complexity index is 416. The smallest absolute Gasteiger partial charge is 0.137 e. The van der Waals surface area contributed by atoms with Crippen molar-refractivity contribution >= 4 is 27.7 Å². The van der Waals surface area contributed by atoms with E-state index < -0.39 is 0 Å². The lowest BCUT2D eigenvalue weighted by Gasteiger charge is -1.98. The van der Waals surface area contributed by atoms with Crippen LogP contribution in [-0.2, 0) is 11.2 Å². The molecule has 1 atom stereocenters. The quantitative estimate of drug-likeness (QED) is 0.778. The van der Waals surface area contributed by atoms with E-state index in [9.17, 15) is 4.79 Å². The molecule has 14 heavy (non-hydrogen) atoms. The van der Waals surface area contributed by atoms with Gasteiger partial charge in [0.15, 0.2) is 0 Å². The Morgan fingerprint density at radius 1 is 1.43 bits per heavy atom. The molecule has 1 heterocycles. The highest BCUT2D eigenvalue weighted by Gasteiger charge is 2.05. The molecule has 0 saturated heterocycles. The molecule has 0 unspecified atom stereocenters. The van der Waals surface area contributed by atoms with Crippen LogP contribution in [0.25, 0.3) is 10.1 Å². The first-order chi connectivity index (χ1) is 6.79. The van der Waals surface area contributed by atoms with E-state index in [1.165, 1.54) is 15.0 Å². The number of hydrogen-bond acceptors (Lipinski definition) is 3. The third-order valence-corrected chi connectivity index (χ3v) is 3.23. The first-order valence-corrected chi connectivity index (χ1v) is 5.29. The molecule has 2 nitrogen and oxygen atoms in total. The summed E-state index contributed by atoms with van der Waals surface area (Å²) in [6.45, 7) is 0. The summed E-state index contributed by atoms with van der Waals surface area (Å²) in [5.74, 6) is 0. The third kappa shape index (κ3) is 1.84. The number of aldehydes is 1. The third-order valence-electron chi connectivity index (χ3n) is 2.09. The van der Waals surface area contributed by atoms with Crippen LogP contribution in [0.1, 0.15) is 4.88 Å². The van der Waals surface area contributed by atoms with E-state index in [0.29, 0.717) is 6.42 Å². The first kappa shape index (κ1) is 9.37. The molecular formula is C11H11NOS. The van der Waals surface area contributed by atoms with E-state index in [0.717, 1.165) is 6.29 Å². The van der Waals surface area contributed by atoms with Gasteiger partial charge in [-0.05, 0) is 17.5 Å². The van der Waals surface area contributed by atoms with Crippen LogP contribution in [0, 0.1) is 0 Å². The first-order valence-electron chi connectivity index (χ1n) is 4.48. The minimum Gasteiger partial charge on any atom is -0.321 e. The lowest BCUT2D eigenvalue weighted by atomic mass is 10.2. The van der Waals surface area contributed by atoms with Gasteiger partial charge in [0.05, 0.1) is 6.04 Å². The summed E-state index contributed by atoms with van der Waals surface area (Å²) in [4.78, 5) is 11.6. The number of thiophene rings is 1. The fourth-order valence-corrected chi connectivity index (χ4v) is 2.55. The molecule has 0 aliphatic heterocycles. The molecule has 1 aromatic carbocycles. The van der Waals surface area contributed by atoms with Gasteiger partial charge in [0, 0.05) is 16.0 Å². The highest BCUT2D eigenvalue weighted by molar-refractivity contribution is 7.19. The van der Waals surface area contributed by atoms with Gasteiger partial charge in [0.1, 0.15) is 6.29 Å². The topological polar surface area (TPSA) is 43.1 Å². The zero-order valence-corrected chi connectivity index (χ0v) is 8.46. The Balaban J connectivity index is 2.31. The lowest BCUT2D eigenvalue weighted by molar-refractivity contribution is -0.108. The average molecular weight is 205 g/mol. The van der Waals surface area contributed by atoms with Crippen molar-refractivity contribution < 1.29 is 4.79 Å². The second-order valence-corrected chi connectivity index (χ2v) is 4.42. The number of benzene rings is 1. The van der Waals surface area contributed by atoms with Gasteiger partial charge in [0.25, 0.3) is 0 Å². The van der Waals surface area contributed by atoms with Crippen molar-refractivity contribution in [3.8, 4) is 0 Å².